The predicted octanol–water partition coefficient (Wildman–Crippen LogP) is 1.46. The molecule has 1 N–H and O–H groups in total. The van der Waals surface area contributed by atoms with Crippen LogP contribution in [-0.2, 0) is 11.3 Å². The maximum atomic E-state index is 12.1. The number of carbonyl (C=O) groups excluding carboxylic acids is 1. The molecule has 0 saturated carbocycles. The Labute approximate surface area is 137 Å². The number of nitrogens with zero attached hydrogens (tertiary/aromatic N) is 3. The fraction of sp³-hybridized carbons (Fsp3) is 0.286. The van der Waals surface area contributed by atoms with Crippen LogP contribution in [0.1, 0.15) is 0 Å². The van der Waals surface area contributed by atoms with Gasteiger partial charge in [-0.25, -0.2) is 0 Å². The van der Waals surface area contributed by atoms with Crippen molar-refractivity contribution in [3.05, 3.63) is 34.8 Å². The van der Waals surface area contributed by atoms with Crippen molar-refractivity contribution in [1.82, 2.24) is 9.55 Å². The number of amides is 1. The molecule has 0 fully saturated rings. The molecule has 2 rings (SSSR count). The molecule has 1 amide bonds. The van der Waals surface area contributed by atoms with Crippen molar-refractivity contribution in [2.45, 2.75) is 6.54 Å². The summed E-state index contributed by atoms with van der Waals surface area (Å²) in [4.78, 5) is 25.6. The van der Waals surface area contributed by atoms with Gasteiger partial charge in [-0.05, 0) is 9.91 Å². The van der Waals surface area contributed by atoms with Crippen LogP contribution in [0.2, 0.25) is 0 Å². The van der Waals surface area contributed by atoms with E-state index in [-0.39, 0.29) is 12.4 Å². The summed E-state index contributed by atoms with van der Waals surface area (Å²) in [6.45, 7) is -0.127. The van der Waals surface area contributed by atoms with Gasteiger partial charge in [0, 0.05) is 17.8 Å². The van der Waals surface area contributed by atoms with Gasteiger partial charge in [-0.1, -0.05) is 0 Å². The first kappa shape index (κ1) is 17.1. The maximum Gasteiger partial charge on any atom is 0.381 e. The Morgan fingerprint density at radius 2 is 1.88 bits per heavy atom. The molecule has 0 aliphatic heterocycles. The minimum Gasteiger partial charge on any atom is -0.493 e. The van der Waals surface area contributed by atoms with Gasteiger partial charge in [0.15, 0.2) is 11.5 Å². The summed E-state index contributed by atoms with van der Waals surface area (Å²) in [6, 6.07) is 3.16. The first-order valence-electron chi connectivity index (χ1n) is 6.74. The average Bonchev–Trinajstić information content (AvgIpc) is 3.02. The number of methoxy groups -OCH3 is 3. The molecule has 0 atom stereocenters. The lowest BCUT2D eigenvalue weighted by atomic mass is 10.2. The molecule has 1 aromatic heterocycles. The highest BCUT2D eigenvalue weighted by molar-refractivity contribution is 5.91. The summed E-state index contributed by atoms with van der Waals surface area (Å²) < 4.78 is 16.9. The monoisotopic (exact) mass is 336 g/mol. The number of rotatable bonds is 7. The number of ether oxygens (including phenoxy) is 3. The molecule has 0 radical (unpaired) electrons. The molecule has 10 nitrogen and oxygen atoms in total. The highest BCUT2D eigenvalue weighted by Crippen LogP contribution is 2.39. The molecule has 10 heteroatoms. The standard InChI is InChI=1S/C14H16N4O6/c1-22-10-4-9(5-11(23-2)14(10)24-3)16-13(19)7-17-6-12(15-8-17)18(20)21/h4-6,8H,7H2,1-3H3,(H,16,19). The summed E-state index contributed by atoms with van der Waals surface area (Å²) in [7, 11) is 4.41. The van der Waals surface area contributed by atoms with E-state index in [1.165, 1.54) is 38.4 Å². The summed E-state index contributed by atoms with van der Waals surface area (Å²) in [5.74, 6) is 0.478. The molecule has 1 heterocycles. The van der Waals surface area contributed by atoms with Crippen molar-refractivity contribution < 1.29 is 23.9 Å². The molecule has 2 aromatic rings. The zero-order valence-corrected chi connectivity index (χ0v) is 13.3. The summed E-state index contributed by atoms with van der Waals surface area (Å²) in [6.07, 6.45) is 2.39. The SMILES string of the molecule is COc1cc(NC(=O)Cn2cnc([N+](=O)[O-])c2)cc(OC)c1OC. The van der Waals surface area contributed by atoms with Gasteiger partial charge in [-0.15, -0.1) is 0 Å². The molecule has 0 aliphatic rings. The Morgan fingerprint density at radius 3 is 2.33 bits per heavy atom. The van der Waals surface area contributed by atoms with Crippen LogP contribution >= 0.6 is 0 Å². The second-order valence-electron chi connectivity index (χ2n) is 4.62. The van der Waals surface area contributed by atoms with Crippen LogP contribution in [0.5, 0.6) is 17.2 Å². The van der Waals surface area contributed by atoms with E-state index in [1.54, 1.807) is 12.1 Å². The minimum atomic E-state index is -0.631. The van der Waals surface area contributed by atoms with Crippen molar-refractivity contribution in [2.24, 2.45) is 0 Å². The van der Waals surface area contributed by atoms with Gasteiger partial charge < -0.3 is 34.2 Å². The highest BCUT2D eigenvalue weighted by atomic mass is 16.6. The van der Waals surface area contributed by atoms with Crippen LogP contribution in [0.15, 0.2) is 24.7 Å². The number of carbonyl (C=O) groups is 1. The number of imidazole rings is 1. The number of benzene rings is 1. The lowest BCUT2D eigenvalue weighted by Crippen LogP contribution is -2.18. The number of nitro groups is 1. The van der Waals surface area contributed by atoms with Crippen molar-refractivity contribution in [3.63, 3.8) is 0 Å². The quantitative estimate of drug-likeness (QED) is 0.600. The van der Waals surface area contributed by atoms with E-state index < -0.39 is 10.8 Å². The fourth-order valence-corrected chi connectivity index (χ4v) is 2.05. The molecule has 24 heavy (non-hydrogen) atoms. The van der Waals surface area contributed by atoms with E-state index in [0.29, 0.717) is 22.9 Å². The Bertz CT molecular complexity index is 732. The Kier molecular flexibility index (Phi) is 5.20. The van der Waals surface area contributed by atoms with Crippen molar-refractivity contribution >= 4 is 17.4 Å². The van der Waals surface area contributed by atoms with E-state index in [1.807, 2.05) is 0 Å². The van der Waals surface area contributed by atoms with E-state index in [2.05, 4.69) is 10.3 Å². The molecular formula is C14H16N4O6. The van der Waals surface area contributed by atoms with E-state index >= 15 is 0 Å². The van der Waals surface area contributed by atoms with Crippen LogP contribution in [0, 0.1) is 10.1 Å². The number of hydrogen-bond donors (Lipinski definition) is 1. The molecular weight excluding hydrogens is 320 g/mol. The van der Waals surface area contributed by atoms with Gasteiger partial charge in [0.05, 0.1) is 21.3 Å². The lowest BCUT2D eigenvalue weighted by Gasteiger charge is -2.14. The second kappa shape index (κ2) is 7.31. The summed E-state index contributed by atoms with van der Waals surface area (Å²) in [5, 5.41) is 13.2. The van der Waals surface area contributed by atoms with Crippen LogP contribution < -0.4 is 19.5 Å². The molecule has 0 bridgehead atoms. The lowest BCUT2D eigenvalue weighted by molar-refractivity contribution is -0.389. The van der Waals surface area contributed by atoms with Gasteiger partial charge in [0.25, 0.3) is 0 Å². The van der Waals surface area contributed by atoms with E-state index in [4.69, 9.17) is 14.2 Å². The Balaban J connectivity index is 2.14. The number of anilines is 1. The summed E-state index contributed by atoms with van der Waals surface area (Å²) >= 11 is 0. The van der Waals surface area contributed by atoms with Crippen LogP contribution in [0.3, 0.4) is 0 Å². The van der Waals surface area contributed by atoms with Crippen molar-refractivity contribution in [3.8, 4) is 17.2 Å². The minimum absolute atomic E-state index is 0.127. The zero-order chi connectivity index (χ0) is 17.7. The third kappa shape index (κ3) is 3.72. The van der Waals surface area contributed by atoms with Gasteiger partial charge in [-0.2, -0.15) is 0 Å². The van der Waals surface area contributed by atoms with Gasteiger partial charge in [0.2, 0.25) is 18.0 Å². The maximum absolute atomic E-state index is 12.1. The number of hydrogen-bond acceptors (Lipinski definition) is 7. The second-order valence-corrected chi connectivity index (χ2v) is 4.62. The zero-order valence-electron chi connectivity index (χ0n) is 13.3. The molecule has 1 aromatic carbocycles. The molecule has 0 spiro atoms. The molecule has 128 valence electrons. The van der Waals surface area contributed by atoms with Gasteiger partial charge >= 0.3 is 5.82 Å². The number of aromatic nitrogens is 2. The van der Waals surface area contributed by atoms with Crippen LogP contribution in [0.25, 0.3) is 0 Å². The first-order valence-corrected chi connectivity index (χ1v) is 6.74. The Morgan fingerprint density at radius 1 is 1.25 bits per heavy atom. The fourth-order valence-electron chi connectivity index (χ4n) is 2.05. The molecule has 0 unspecified atom stereocenters. The Hall–Kier alpha value is -3.30. The van der Waals surface area contributed by atoms with Crippen molar-refractivity contribution in [2.75, 3.05) is 26.6 Å². The third-order valence-corrected chi connectivity index (χ3v) is 3.08. The van der Waals surface area contributed by atoms with E-state index in [0.717, 1.165) is 0 Å². The van der Waals surface area contributed by atoms with E-state index in [9.17, 15) is 14.9 Å². The predicted molar refractivity (Wildman–Crippen MR) is 83.6 cm³/mol. The number of nitrogens with one attached hydrogen (secondary N) is 1. The van der Waals surface area contributed by atoms with Crippen molar-refractivity contribution in [1.29, 1.82) is 0 Å². The third-order valence-electron chi connectivity index (χ3n) is 3.08. The van der Waals surface area contributed by atoms with Gasteiger partial charge in [-0.3, -0.25) is 4.79 Å². The highest BCUT2D eigenvalue weighted by Gasteiger charge is 2.16. The normalized spacial score (nSPS) is 10.1. The molecule has 0 saturated heterocycles. The van der Waals surface area contributed by atoms with Crippen LogP contribution in [-0.4, -0.2) is 41.7 Å². The molecule has 0 aliphatic carbocycles. The largest absolute Gasteiger partial charge is 0.493 e. The van der Waals surface area contributed by atoms with Crippen LogP contribution in [0.4, 0.5) is 11.5 Å². The first-order chi connectivity index (χ1) is 11.5. The smallest absolute Gasteiger partial charge is 0.381 e. The summed E-state index contributed by atoms with van der Waals surface area (Å²) in [5.41, 5.74) is 0.434. The average molecular weight is 336 g/mol. The topological polar surface area (TPSA) is 118 Å². The van der Waals surface area contributed by atoms with Gasteiger partial charge in [0.1, 0.15) is 12.7 Å².